The van der Waals surface area contributed by atoms with E-state index in [1.54, 1.807) is 0 Å². The number of likely N-dealkylation sites (N-methyl/N-ethyl adjacent to an activating group) is 1. The standard InChI is InChI=1S/C23H37N2O.ClH3O4/c1-5-25(17-20-12-8-6-9-13-20)18-23(14-10-7-11-15-23)26-24-21(25)16-19(2)22(24,3)4;2-1(3,4)5/h6,8-9,12-13,19,21H,5,7,10-11,14-18H2,1-4H3;2-4H/q+1;. The number of benzene rings is 1. The van der Waals surface area contributed by atoms with Crippen molar-refractivity contribution in [2.75, 3.05) is 13.1 Å². The van der Waals surface area contributed by atoms with Gasteiger partial charge in [0.25, 0.3) is 0 Å². The van der Waals surface area contributed by atoms with Crippen LogP contribution < -0.4 is 4.66 Å². The fourth-order valence-electron chi connectivity index (χ4n) is 5.83. The zero-order valence-electron chi connectivity index (χ0n) is 19.3. The van der Waals surface area contributed by atoms with Gasteiger partial charge in [-0.25, -0.2) is 0 Å². The summed E-state index contributed by atoms with van der Waals surface area (Å²) in [6, 6.07) is 11.1. The molecule has 1 aromatic carbocycles. The summed E-state index contributed by atoms with van der Waals surface area (Å²) in [5, 5.41) is 2.47. The quantitative estimate of drug-likeness (QED) is 0.600. The van der Waals surface area contributed by atoms with E-state index < -0.39 is 10.2 Å². The molecule has 7 nitrogen and oxygen atoms in total. The maximum atomic E-state index is 8.83. The number of rotatable bonds is 3. The molecule has 0 amide bonds. The molecular formula is C23H40ClN2O5+. The van der Waals surface area contributed by atoms with E-state index in [9.17, 15) is 0 Å². The molecule has 0 radical (unpaired) electrons. The molecule has 1 saturated carbocycles. The van der Waals surface area contributed by atoms with Crippen molar-refractivity contribution in [1.82, 2.24) is 5.06 Å². The number of nitrogens with zero attached hydrogens (tertiary/aromatic N) is 2. The molecule has 3 atom stereocenters. The summed E-state index contributed by atoms with van der Waals surface area (Å²) in [4.78, 5) is 6.94. The fraction of sp³-hybridized carbons (Fsp3) is 0.739. The van der Waals surface area contributed by atoms with Crippen molar-refractivity contribution in [2.45, 2.75) is 90.1 Å². The predicted octanol–water partition coefficient (Wildman–Crippen LogP) is 2.26. The monoisotopic (exact) mass is 459 g/mol. The van der Waals surface area contributed by atoms with Crippen LogP contribution in [0.4, 0.5) is 0 Å². The number of hydroxylamine groups is 2. The Bertz CT molecular complexity index is 714. The molecule has 3 unspecified atom stereocenters. The summed E-state index contributed by atoms with van der Waals surface area (Å²) in [5.74, 6) is 0.658. The first kappa shape index (κ1) is 24.9. The Morgan fingerprint density at radius 2 is 1.71 bits per heavy atom. The van der Waals surface area contributed by atoms with Crippen LogP contribution in [-0.4, -0.2) is 53.9 Å². The van der Waals surface area contributed by atoms with Crippen molar-refractivity contribution in [3.05, 3.63) is 35.9 Å². The number of hydrogen-bond donors (Lipinski definition) is 3. The SMILES string of the molecule is CC[N+]1(Cc2ccccc2)CC2(CCCCC2)ON2C1CC(C)C2(C)C.[O-][Cl+](O)(O)O. The van der Waals surface area contributed by atoms with E-state index in [2.05, 4.69) is 63.1 Å². The normalized spacial score (nSPS) is 32.8. The number of halogens is 1. The summed E-state index contributed by atoms with van der Waals surface area (Å²) in [7, 11) is -4.19. The molecule has 2 heterocycles. The second-order valence-electron chi connectivity index (χ2n) is 10.2. The van der Waals surface area contributed by atoms with E-state index in [0.29, 0.717) is 12.1 Å². The van der Waals surface area contributed by atoms with E-state index in [1.807, 2.05) is 0 Å². The topological polar surface area (TPSA) is 96.2 Å². The summed E-state index contributed by atoms with van der Waals surface area (Å²) in [6.07, 6.45) is 8.21. The molecule has 8 heteroatoms. The van der Waals surface area contributed by atoms with Gasteiger partial charge in [0.15, 0.2) is 6.17 Å². The van der Waals surface area contributed by atoms with Gasteiger partial charge in [-0.1, -0.05) is 56.5 Å². The predicted molar refractivity (Wildman–Crippen MR) is 113 cm³/mol. The Balaban J connectivity index is 0.000000491. The molecule has 0 bridgehead atoms. The molecule has 31 heavy (non-hydrogen) atoms. The zero-order valence-corrected chi connectivity index (χ0v) is 20.1. The second kappa shape index (κ2) is 9.23. The van der Waals surface area contributed by atoms with Crippen molar-refractivity contribution in [3.63, 3.8) is 0 Å². The van der Waals surface area contributed by atoms with Crippen LogP contribution in [0, 0.1) is 16.2 Å². The Morgan fingerprint density at radius 1 is 1.13 bits per heavy atom. The third-order valence-corrected chi connectivity index (χ3v) is 7.87. The molecule has 0 aromatic heterocycles. The summed E-state index contributed by atoms with van der Waals surface area (Å²) < 4.78 is 31.4. The Kier molecular flexibility index (Phi) is 7.41. The third kappa shape index (κ3) is 5.60. The summed E-state index contributed by atoms with van der Waals surface area (Å²) >= 11 is 0. The molecule has 1 aromatic rings. The van der Waals surface area contributed by atoms with E-state index in [4.69, 9.17) is 23.5 Å². The molecule has 4 rings (SSSR count). The summed E-state index contributed by atoms with van der Waals surface area (Å²) in [6.45, 7) is 13.1. The average Bonchev–Trinajstić information content (AvgIpc) is 2.92. The molecular weight excluding hydrogens is 420 g/mol. The van der Waals surface area contributed by atoms with Crippen molar-refractivity contribution in [1.29, 1.82) is 0 Å². The number of fused-ring (bicyclic) bond motifs is 1. The third-order valence-electron chi connectivity index (χ3n) is 7.87. The molecule has 3 N–H and O–H groups in total. The van der Waals surface area contributed by atoms with Crippen molar-refractivity contribution < 1.29 is 38.2 Å². The van der Waals surface area contributed by atoms with Gasteiger partial charge in [0.1, 0.15) is 18.7 Å². The van der Waals surface area contributed by atoms with E-state index >= 15 is 0 Å². The van der Waals surface area contributed by atoms with E-state index in [1.165, 1.54) is 57.2 Å². The van der Waals surface area contributed by atoms with Crippen LogP contribution in [0.25, 0.3) is 0 Å². The average molecular weight is 460 g/mol. The molecule has 2 aliphatic heterocycles. The number of hydrogen-bond acceptors (Lipinski definition) is 6. The molecule has 3 aliphatic rings. The molecule has 1 aliphatic carbocycles. The molecule has 1 spiro atoms. The van der Waals surface area contributed by atoms with Gasteiger partial charge in [-0.3, -0.25) is 4.84 Å². The van der Waals surface area contributed by atoms with Gasteiger partial charge >= 0.3 is 28.9 Å². The van der Waals surface area contributed by atoms with Crippen molar-refractivity contribution in [2.24, 2.45) is 5.92 Å². The Hall–Kier alpha value is -0.770. The number of quaternary nitrogens is 1. The van der Waals surface area contributed by atoms with E-state index in [-0.39, 0.29) is 11.1 Å². The van der Waals surface area contributed by atoms with Crippen LogP contribution in [0.1, 0.15) is 71.8 Å². The molecule has 178 valence electrons. The van der Waals surface area contributed by atoms with Crippen LogP contribution in [-0.2, 0) is 11.4 Å². The maximum absolute atomic E-state index is 8.83. The Morgan fingerprint density at radius 3 is 2.26 bits per heavy atom. The first-order valence-electron chi connectivity index (χ1n) is 11.5. The van der Waals surface area contributed by atoms with Crippen LogP contribution in [0.15, 0.2) is 30.3 Å². The van der Waals surface area contributed by atoms with Gasteiger partial charge < -0.3 is 4.48 Å². The van der Waals surface area contributed by atoms with Gasteiger partial charge in [-0.2, -0.15) is 0 Å². The van der Waals surface area contributed by atoms with E-state index in [0.717, 1.165) is 11.0 Å². The molecule has 3 fully saturated rings. The van der Waals surface area contributed by atoms with Crippen LogP contribution in [0.3, 0.4) is 0 Å². The van der Waals surface area contributed by atoms with Crippen LogP contribution in [0.5, 0.6) is 0 Å². The van der Waals surface area contributed by atoms with Gasteiger partial charge in [0.2, 0.25) is 0 Å². The first-order valence-corrected chi connectivity index (χ1v) is 12.8. The van der Waals surface area contributed by atoms with Crippen molar-refractivity contribution >= 4 is 0 Å². The minimum atomic E-state index is -4.19. The van der Waals surface area contributed by atoms with Crippen molar-refractivity contribution in [3.8, 4) is 0 Å². The zero-order chi connectivity index (χ0) is 22.9. The first-order chi connectivity index (χ1) is 14.4. The van der Waals surface area contributed by atoms with Crippen LogP contribution >= 0.6 is 0 Å². The van der Waals surface area contributed by atoms with Gasteiger partial charge in [-0.05, 0) is 39.5 Å². The Labute approximate surface area is 188 Å². The van der Waals surface area contributed by atoms with Crippen LogP contribution in [0.2, 0.25) is 0 Å². The van der Waals surface area contributed by atoms with Gasteiger partial charge in [0.05, 0.1) is 6.54 Å². The summed E-state index contributed by atoms with van der Waals surface area (Å²) in [5.41, 5.74) is 1.64. The molecule has 2 saturated heterocycles. The second-order valence-corrected chi connectivity index (χ2v) is 11.1. The minimum absolute atomic E-state index is 0.0564. The fourth-order valence-corrected chi connectivity index (χ4v) is 5.83. The van der Waals surface area contributed by atoms with Gasteiger partial charge in [0, 0.05) is 17.5 Å². The van der Waals surface area contributed by atoms with Gasteiger partial charge in [-0.15, -0.1) is 5.06 Å².